The minimum absolute atomic E-state index is 0.133. The first-order valence-corrected chi connectivity index (χ1v) is 4.65. The van der Waals surface area contributed by atoms with Crippen LogP contribution in [0.15, 0.2) is 18.2 Å². The number of rotatable bonds is 5. The Kier molecular flexibility index (Phi) is 4.16. The first kappa shape index (κ1) is 13.1. The molecule has 0 amide bonds. The van der Waals surface area contributed by atoms with Crippen molar-refractivity contribution in [3.05, 3.63) is 28.3 Å². The Morgan fingerprint density at radius 3 is 2.65 bits per heavy atom. The number of hydrogen-bond donors (Lipinski definition) is 3. The van der Waals surface area contributed by atoms with Crippen LogP contribution in [0.1, 0.15) is 0 Å². The molecule has 1 aromatic carbocycles. The lowest BCUT2D eigenvalue weighted by Crippen LogP contribution is -2.26. The number of nitrogens with two attached hydrogens (primary N) is 1. The van der Waals surface area contributed by atoms with Gasteiger partial charge in [0.1, 0.15) is 6.10 Å². The molecule has 1 unspecified atom stereocenters. The van der Waals surface area contributed by atoms with Gasteiger partial charge in [0.25, 0.3) is 12.1 Å². The Morgan fingerprint density at radius 1 is 1.47 bits per heavy atom. The molecule has 6 nitrogen and oxygen atoms in total. The van der Waals surface area contributed by atoms with Gasteiger partial charge in [-0.3, -0.25) is 10.1 Å². The fraction of sp³-hybridized carbons (Fsp3) is 0.333. The lowest BCUT2D eigenvalue weighted by molar-refractivity contribution is -0.384. The number of anilines is 2. The fourth-order valence-corrected chi connectivity index (χ4v) is 1.15. The number of aliphatic hydroxyl groups excluding tert-OH is 1. The lowest BCUT2D eigenvalue weighted by Gasteiger charge is -2.11. The highest BCUT2D eigenvalue weighted by Gasteiger charge is 2.16. The zero-order chi connectivity index (χ0) is 13.0. The monoisotopic (exact) mass is 247 g/mol. The van der Waals surface area contributed by atoms with Crippen LogP contribution in [0.25, 0.3) is 0 Å². The zero-order valence-corrected chi connectivity index (χ0v) is 8.64. The van der Waals surface area contributed by atoms with Crippen LogP contribution in [0, 0.1) is 10.1 Å². The smallest absolute Gasteiger partial charge is 0.273 e. The number of hydrogen-bond acceptors (Lipinski definition) is 5. The molecule has 4 N–H and O–H groups in total. The van der Waals surface area contributed by atoms with Gasteiger partial charge in [-0.05, 0) is 6.07 Å². The molecule has 1 aromatic rings. The number of aliphatic hydroxyl groups is 1. The Hall–Kier alpha value is -1.96. The molecule has 0 heterocycles. The van der Waals surface area contributed by atoms with Gasteiger partial charge in [0.15, 0.2) is 0 Å². The molecular weight excluding hydrogens is 236 g/mol. The summed E-state index contributed by atoms with van der Waals surface area (Å²) in [5, 5.41) is 21.8. The second-order valence-electron chi connectivity index (χ2n) is 3.35. The van der Waals surface area contributed by atoms with Crippen molar-refractivity contribution in [1.29, 1.82) is 0 Å². The Labute approximate surface area is 95.2 Å². The van der Waals surface area contributed by atoms with E-state index in [0.717, 1.165) is 12.1 Å². The molecule has 0 aliphatic carbocycles. The average molecular weight is 247 g/mol. The number of nitro benzene ring substituents is 1. The molecule has 0 aliphatic heterocycles. The minimum atomic E-state index is -2.88. The zero-order valence-electron chi connectivity index (χ0n) is 8.64. The van der Waals surface area contributed by atoms with Crippen molar-refractivity contribution in [3.8, 4) is 0 Å². The molecule has 0 aromatic heterocycles. The fourth-order valence-electron chi connectivity index (χ4n) is 1.15. The highest BCUT2D eigenvalue weighted by atomic mass is 19.3. The third kappa shape index (κ3) is 3.83. The van der Waals surface area contributed by atoms with Gasteiger partial charge < -0.3 is 16.2 Å². The van der Waals surface area contributed by atoms with Crippen molar-refractivity contribution in [2.45, 2.75) is 12.5 Å². The number of non-ortho nitro benzene ring substituents is 1. The molecule has 1 atom stereocenters. The predicted molar refractivity (Wildman–Crippen MR) is 58.0 cm³/mol. The summed E-state index contributed by atoms with van der Waals surface area (Å²) in [6, 6.07) is 3.65. The molecule has 0 aliphatic rings. The van der Waals surface area contributed by atoms with E-state index in [2.05, 4.69) is 5.32 Å². The van der Waals surface area contributed by atoms with Gasteiger partial charge in [-0.1, -0.05) is 0 Å². The van der Waals surface area contributed by atoms with Crippen molar-refractivity contribution in [3.63, 3.8) is 0 Å². The van der Waals surface area contributed by atoms with Crippen LogP contribution in [-0.4, -0.2) is 29.1 Å². The van der Waals surface area contributed by atoms with E-state index in [0.29, 0.717) is 0 Å². The van der Waals surface area contributed by atoms with Gasteiger partial charge in [0.05, 0.1) is 4.92 Å². The van der Waals surface area contributed by atoms with Crippen LogP contribution < -0.4 is 11.1 Å². The molecule has 0 spiro atoms. The van der Waals surface area contributed by atoms with Gasteiger partial charge in [-0.2, -0.15) is 0 Å². The minimum Gasteiger partial charge on any atom is -0.398 e. The number of nitrogens with zero attached hydrogens (tertiary/aromatic N) is 1. The van der Waals surface area contributed by atoms with Gasteiger partial charge >= 0.3 is 0 Å². The van der Waals surface area contributed by atoms with Crippen LogP contribution in [0.5, 0.6) is 0 Å². The highest BCUT2D eigenvalue weighted by Crippen LogP contribution is 2.22. The number of benzene rings is 1. The van der Waals surface area contributed by atoms with E-state index in [4.69, 9.17) is 10.8 Å². The summed E-state index contributed by atoms with van der Waals surface area (Å²) in [4.78, 5) is 9.86. The average Bonchev–Trinajstić information content (AvgIpc) is 2.24. The van der Waals surface area contributed by atoms with E-state index >= 15 is 0 Å². The normalized spacial score (nSPS) is 12.5. The summed E-state index contributed by atoms with van der Waals surface area (Å²) >= 11 is 0. The number of nitrogens with one attached hydrogen (secondary N) is 1. The first-order chi connectivity index (χ1) is 7.90. The maximum Gasteiger partial charge on any atom is 0.273 e. The second-order valence-corrected chi connectivity index (χ2v) is 3.35. The van der Waals surface area contributed by atoms with E-state index in [1.807, 2.05) is 0 Å². The summed E-state index contributed by atoms with van der Waals surface area (Å²) in [7, 11) is 0. The maximum absolute atomic E-state index is 12.0. The molecule has 0 radical (unpaired) electrons. The van der Waals surface area contributed by atoms with Crippen molar-refractivity contribution < 1.29 is 18.8 Å². The molecule has 94 valence electrons. The number of nitrogen functional groups attached to an aromatic ring is 1. The van der Waals surface area contributed by atoms with Crippen LogP contribution in [-0.2, 0) is 0 Å². The Bertz CT molecular complexity index is 414. The van der Waals surface area contributed by atoms with E-state index in [-0.39, 0.29) is 17.1 Å². The van der Waals surface area contributed by atoms with E-state index in [9.17, 15) is 18.9 Å². The number of nitro groups is 1. The van der Waals surface area contributed by atoms with Gasteiger partial charge in [-0.15, -0.1) is 0 Å². The molecule has 0 fully saturated rings. The Morgan fingerprint density at radius 2 is 2.12 bits per heavy atom. The van der Waals surface area contributed by atoms with Crippen molar-refractivity contribution in [2.24, 2.45) is 0 Å². The lowest BCUT2D eigenvalue weighted by atomic mass is 10.2. The van der Waals surface area contributed by atoms with E-state index in [1.165, 1.54) is 6.07 Å². The van der Waals surface area contributed by atoms with Gasteiger partial charge in [0, 0.05) is 30.1 Å². The summed E-state index contributed by atoms with van der Waals surface area (Å²) in [5.41, 5.74) is 5.50. The summed E-state index contributed by atoms with van der Waals surface area (Å²) < 4.78 is 24.0. The van der Waals surface area contributed by atoms with E-state index < -0.39 is 24.0 Å². The summed E-state index contributed by atoms with van der Waals surface area (Å²) in [6.07, 6.45) is -4.71. The third-order valence-electron chi connectivity index (χ3n) is 1.96. The molecule has 1 rings (SSSR count). The predicted octanol–water partition coefficient (Wildman–Crippen LogP) is 1.21. The summed E-state index contributed by atoms with van der Waals surface area (Å²) in [6.45, 7) is -0.418. The van der Waals surface area contributed by atoms with Crippen LogP contribution >= 0.6 is 0 Å². The van der Waals surface area contributed by atoms with Crippen molar-refractivity contribution in [1.82, 2.24) is 0 Å². The standard InChI is InChI=1S/C9H11F2N3O3/c10-9(11)8(15)4-13-6-1-5(12)2-7(3-6)14(16)17/h1-3,8-9,13,15H,4,12H2. The molecule has 8 heteroatoms. The molecular formula is C9H11F2N3O3. The second kappa shape index (κ2) is 5.39. The quantitative estimate of drug-likeness (QED) is 0.412. The van der Waals surface area contributed by atoms with E-state index in [1.54, 1.807) is 0 Å². The summed E-state index contributed by atoms with van der Waals surface area (Å²) in [5.74, 6) is 0. The van der Waals surface area contributed by atoms with Gasteiger partial charge in [0.2, 0.25) is 0 Å². The molecule has 0 saturated carbocycles. The Balaban J connectivity index is 2.74. The van der Waals surface area contributed by atoms with Gasteiger partial charge in [-0.25, -0.2) is 8.78 Å². The molecule has 0 bridgehead atoms. The van der Waals surface area contributed by atoms with Crippen LogP contribution in [0.2, 0.25) is 0 Å². The highest BCUT2D eigenvalue weighted by molar-refractivity contribution is 5.61. The largest absolute Gasteiger partial charge is 0.398 e. The van der Waals surface area contributed by atoms with Crippen LogP contribution in [0.3, 0.4) is 0 Å². The first-order valence-electron chi connectivity index (χ1n) is 4.65. The molecule has 0 saturated heterocycles. The van der Waals surface area contributed by atoms with Crippen molar-refractivity contribution >= 4 is 17.1 Å². The maximum atomic E-state index is 12.0. The topological polar surface area (TPSA) is 101 Å². The number of halogens is 2. The van der Waals surface area contributed by atoms with Crippen molar-refractivity contribution in [2.75, 3.05) is 17.6 Å². The number of alkyl halides is 2. The van der Waals surface area contributed by atoms with Crippen LogP contribution in [0.4, 0.5) is 25.8 Å². The third-order valence-corrected chi connectivity index (χ3v) is 1.96. The molecule has 17 heavy (non-hydrogen) atoms. The SMILES string of the molecule is Nc1cc(NCC(O)C(F)F)cc([N+](=O)[O-])c1.